The SMILES string of the molecule is CC(C)(C)OC(=O)NCC1(N2CC(O)C2)COC1. The third-order valence-electron chi connectivity index (χ3n) is 3.24. The van der Waals surface area contributed by atoms with Crippen LogP contribution in [-0.2, 0) is 9.47 Å². The summed E-state index contributed by atoms with van der Waals surface area (Å²) in [4.78, 5) is 13.7. The topological polar surface area (TPSA) is 71.0 Å². The molecule has 0 saturated carbocycles. The molecule has 2 N–H and O–H groups in total. The van der Waals surface area contributed by atoms with Crippen molar-refractivity contribution in [2.24, 2.45) is 0 Å². The number of aliphatic hydroxyl groups excluding tert-OH is 1. The van der Waals surface area contributed by atoms with Gasteiger partial charge in [0.25, 0.3) is 0 Å². The van der Waals surface area contributed by atoms with Crippen molar-refractivity contribution in [1.82, 2.24) is 10.2 Å². The van der Waals surface area contributed by atoms with E-state index in [9.17, 15) is 9.90 Å². The van der Waals surface area contributed by atoms with Gasteiger partial charge >= 0.3 is 6.09 Å². The molecule has 0 aromatic rings. The minimum atomic E-state index is -0.486. The van der Waals surface area contributed by atoms with Gasteiger partial charge in [0.2, 0.25) is 0 Å². The molecule has 0 unspecified atom stereocenters. The Kier molecular flexibility index (Phi) is 3.53. The van der Waals surface area contributed by atoms with Crippen LogP contribution in [0.15, 0.2) is 0 Å². The summed E-state index contributed by atoms with van der Waals surface area (Å²) in [5.41, 5.74) is -0.642. The van der Waals surface area contributed by atoms with Gasteiger partial charge in [-0.2, -0.15) is 0 Å². The summed E-state index contributed by atoms with van der Waals surface area (Å²) in [6.45, 7) is 8.49. The zero-order valence-corrected chi connectivity index (χ0v) is 11.2. The molecular formula is C12H22N2O4. The molecule has 0 aromatic carbocycles. The smallest absolute Gasteiger partial charge is 0.407 e. The van der Waals surface area contributed by atoms with Crippen LogP contribution in [0.2, 0.25) is 0 Å². The molecular weight excluding hydrogens is 236 g/mol. The summed E-state index contributed by atoms with van der Waals surface area (Å²) in [7, 11) is 0. The first-order chi connectivity index (χ1) is 8.31. The molecule has 1 amide bonds. The normalized spacial score (nSPS) is 24.0. The van der Waals surface area contributed by atoms with Gasteiger partial charge in [-0.05, 0) is 20.8 Å². The van der Waals surface area contributed by atoms with Crippen molar-refractivity contribution < 1.29 is 19.4 Å². The standard InChI is InChI=1S/C12H22N2O4/c1-11(2,3)18-10(16)13-6-12(7-17-8-12)14-4-9(15)5-14/h9,15H,4-8H2,1-3H3,(H,13,16). The number of likely N-dealkylation sites (tertiary alicyclic amines) is 1. The first kappa shape index (κ1) is 13.6. The first-order valence-electron chi connectivity index (χ1n) is 6.28. The lowest BCUT2D eigenvalue weighted by Gasteiger charge is -2.55. The van der Waals surface area contributed by atoms with Gasteiger partial charge < -0.3 is 19.9 Å². The molecule has 0 bridgehead atoms. The van der Waals surface area contributed by atoms with E-state index in [0.29, 0.717) is 32.8 Å². The predicted octanol–water partition coefficient (Wildman–Crippen LogP) is -0.0434. The van der Waals surface area contributed by atoms with Gasteiger partial charge in [0.1, 0.15) is 5.60 Å². The van der Waals surface area contributed by atoms with Crippen LogP contribution in [-0.4, -0.2) is 66.2 Å². The van der Waals surface area contributed by atoms with Crippen molar-refractivity contribution in [2.45, 2.75) is 38.0 Å². The number of alkyl carbamates (subject to hydrolysis) is 1. The van der Waals surface area contributed by atoms with E-state index in [1.165, 1.54) is 0 Å². The van der Waals surface area contributed by atoms with E-state index < -0.39 is 11.7 Å². The fraction of sp³-hybridized carbons (Fsp3) is 0.917. The van der Waals surface area contributed by atoms with Crippen molar-refractivity contribution in [1.29, 1.82) is 0 Å². The van der Waals surface area contributed by atoms with E-state index in [2.05, 4.69) is 10.2 Å². The minimum absolute atomic E-state index is 0.157. The van der Waals surface area contributed by atoms with Crippen LogP contribution < -0.4 is 5.32 Å². The Morgan fingerprint density at radius 1 is 1.50 bits per heavy atom. The van der Waals surface area contributed by atoms with Crippen molar-refractivity contribution in [3.05, 3.63) is 0 Å². The van der Waals surface area contributed by atoms with Gasteiger partial charge in [-0.1, -0.05) is 0 Å². The maximum Gasteiger partial charge on any atom is 0.407 e. The molecule has 0 atom stereocenters. The maximum absolute atomic E-state index is 11.6. The molecule has 0 radical (unpaired) electrons. The average Bonchev–Trinajstić information content (AvgIpc) is 2.10. The predicted molar refractivity (Wildman–Crippen MR) is 65.4 cm³/mol. The quantitative estimate of drug-likeness (QED) is 0.743. The number of hydrogen-bond acceptors (Lipinski definition) is 5. The van der Waals surface area contributed by atoms with E-state index in [1.54, 1.807) is 0 Å². The van der Waals surface area contributed by atoms with E-state index in [1.807, 2.05) is 20.8 Å². The molecule has 0 spiro atoms. The minimum Gasteiger partial charge on any atom is -0.444 e. The summed E-state index contributed by atoms with van der Waals surface area (Å²) in [5.74, 6) is 0. The first-order valence-corrected chi connectivity index (χ1v) is 6.28. The van der Waals surface area contributed by atoms with Crippen LogP contribution in [0.4, 0.5) is 4.79 Å². The van der Waals surface area contributed by atoms with E-state index in [4.69, 9.17) is 9.47 Å². The molecule has 104 valence electrons. The second kappa shape index (κ2) is 4.68. The second-order valence-corrected chi connectivity index (χ2v) is 6.13. The van der Waals surface area contributed by atoms with Crippen LogP contribution in [0.1, 0.15) is 20.8 Å². The molecule has 0 aromatic heterocycles. The Balaban J connectivity index is 1.79. The molecule has 2 heterocycles. The largest absolute Gasteiger partial charge is 0.444 e. The molecule has 6 heteroatoms. The summed E-state index contributed by atoms with van der Waals surface area (Å²) in [5, 5.41) is 12.1. The summed E-state index contributed by atoms with van der Waals surface area (Å²) < 4.78 is 10.4. The van der Waals surface area contributed by atoms with E-state index >= 15 is 0 Å². The fourth-order valence-corrected chi connectivity index (χ4v) is 2.13. The number of β-amino-alcohol motifs (C(OH)–C–C–N with tert-alkyl or cyclic N) is 1. The fourth-order valence-electron chi connectivity index (χ4n) is 2.13. The summed E-state index contributed by atoms with van der Waals surface area (Å²) in [6.07, 6.45) is -0.654. The van der Waals surface area contributed by atoms with Crippen molar-refractivity contribution >= 4 is 6.09 Å². The van der Waals surface area contributed by atoms with Crippen LogP contribution >= 0.6 is 0 Å². The Bertz CT molecular complexity index is 317. The van der Waals surface area contributed by atoms with Gasteiger partial charge in [0.15, 0.2) is 0 Å². The van der Waals surface area contributed by atoms with E-state index in [-0.39, 0.29) is 11.6 Å². The average molecular weight is 258 g/mol. The number of nitrogens with one attached hydrogen (secondary N) is 1. The van der Waals surface area contributed by atoms with Crippen molar-refractivity contribution in [3.63, 3.8) is 0 Å². The lowest BCUT2D eigenvalue weighted by atomic mass is 9.90. The number of hydrogen-bond donors (Lipinski definition) is 2. The molecule has 0 aliphatic carbocycles. The Morgan fingerprint density at radius 3 is 2.50 bits per heavy atom. The van der Waals surface area contributed by atoms with Gasteiger partial charge in [0, 0.05) is 19.6 Å². The number of amides is 1. The van der Waals surface area contributed by atoms with E-state index in [0.717, 1.165) is 0 Å². The Labute approximate surface area is 107 Å². The zero-order chi connectivity index (χ0) is 13.4. The molecule has 2 aliphatic heterocycles. The molecule has 2 fully saturated rings. The number of nitrogens with zero attached hydrogens (tertiary/aromatic N) is 1. The molecule has 2 rings (SSSR count). The van der Waals surface area contributed by atoms with Gasteiger partial charge in [-0.3, -0.25) is 4.90 Å². The maximum atomic E-state index is 11.6. The monoisotopic (exact) mass is 258 g/mol. The van der Waals surface area contributed by atoms with Crippen LogP contribution in [0.25, 0.3) is 0 Å². The molecule has 6 nitrogen and oxygen atoms in total. The number of carbonyl (C=O) groups is 1. The Morgan fingerprint density at radius 2 is 2.11 bits per heavy atom. The number of aliphatic hydroxyl groups is 1. The highest BCUT2D eigenvalue weighted by Gasteiger charge is 2.49. The highest BCUT2D eigenvalue weighted by atomic mass is 16.6. The lowest BCUT2D eigenvalue weighted by molar-refractivity contribution is -0.182. The third kappa shape index (κ3) is 2.93. The zero-order valence-electron chi connectivity index (χ0n) is 11.2. The van der Waals surface area contributed by atoms with Crippen molar-refractivity contribution in [2.75, 3.05) is 32.8 Å². The molecule has 2 saturated heterocycles. The van der Waals surface area contributed by atoms with Gasteiger partial charge in [0.05, 0.1) is 24.9 Å². The van der Waals surface area contributed by atoms with Gasteiger partial charge in [-0.15, -0.1) is 0 Å². The highest BCUT2D eigenvalue weighted by Crippen LogP contribution is 2.29. The van der Waals surface area contributed by atoms with Gasteiger partial charge in [-0.25, -0.2) is 4.79 Å². The Hall–Kier alpha value is -0.850. The molecule has 2 aliphatic rings. The lowest BCUT2D eigenvalue weighted by Crippen LogP contribution is -2.73. The highest BCUT2D eigenvalue weighted by molar-refractivity contribution is 5.67. The van der Waals surface area contributed by atoms with Crippen LogP contribution in [0.3, 0.4) is 0 Å². The summed E-state index contributed by atoms with van der Waals surface area (Å²) >= 11 is 0. The summed E-state index contributed by atoms with van der Waals surface area (Å²) in [6, 6.07) is 0. The number of carbonyl (C=O) groups excluding carboxylic acids is 1. The molecule has 18 heavy (non-hydrogen) atoms. The third-order valence-corrected chi connectivity index (χ3v) is 3.24. The number of rotatable bonds is 3. The second-order valence-electron chi connectivity index (χ2n) is 6.13. The van der Waals surface area contributed by atoms with Crippen LogP contribution in [0.5, 0.6) is 0 Å². The van der Waals surface area contributed by atoms with Crippen LogP contribution in [0, 0.1) is 0 Å². The number of ether oxygens (including phenoxy) is 2. The van der Waals surface area contributed by atoms with Crippen molar-refractivity contribution in [3.8, 4) is 0 Å².